The van der Waals surface area contributed by atoms with Gasteiger partial charge >= 0.3 is 11.9 Å². The Kier molecular flexibility index (Phi) is 9.70. The van der Waals surface area contributed by atoms with Crippen molar-refractivity contribution in [2.75, 3.05) is 0 Å². The van der Waals surface area contributed by atoms with Crippen LogP contribution in [0.15, 0.2) is 42.6 Å². The number of hydrogen-bond acceptors (Lipinski definition) is 6. The lowest BCUT2D eigenvalue weighted by Gasteiger charge is -2.14. The fourth-order valence-electron chi connectivity index (χ4n) is 2.79. The Morgan fingerprint density at radius 3 is 1.57 bits per heavy atom. The molecule has 1 N–H and O–H groups in total. The monoisotopic (exact) mass is 956 g/mol. The van der Waals surface area contributed by atoms with Gasteiger partial charge in [-0.2, -0.15) is 8.42 Å². The van der Waals surface area contributed by atoms with Crippen molar-refractivity contribution in [2.24, 2.45) is 0 Å². The highest BCUT2D eigenvalue weighted by Crippen LogP contribution is 2.38. The minimum Gasteiger partial charge on any atom is -0.423 e. The summed E-state index contributed by atoms with van der Waals surface area (Å²) in [6.45, 7) is 0. The molecule has 0 fully saturated rings. The molecule has 0 aromatic heterocycles. The molecule has 0 saturated carbocycles. The molecule has 0 amide bonds. The molecule has 0 aliphatic carbocycles. The standard InChI is InChI=1S/C20H5Br3F4I2O7S/c21-5-1-7(22)17(8(23)2-5)36-20(31)12-11(13(24)15(26)16(27)14(12)25)19(30)35-6-3-9(28)18(10(29)4-6)37(32,33)34/h1-4H,(H,32,33,34). The normalized spacial score (nSPS) is 11.4. The Morgan fingerprint density at radius 1 is 0.757 bits per heavy atom. The zero-order chi connectivity index (χ0) is 28.0. The summed E-state index contributed by atoms with van der Waals surface area (Å²) in [7, 11) is -4.67. The van der Waals surface area contributed by atoms with Crippen LogP contribution in [0.1, 0.15) is 20.7 Å². The number of halogens is 9. The SMILES string of the molecule is O=C(Oc1cc(I)c(S(=O)(=O)O)c(I)c1)c1c(F)c(F)c(F)c(F)c1C(=O)Oc1c(Br)cc(Br)cc1Br. The summed E-state index contributed by atoms with van der Waals surface area (Å²) < 4.78 is 100. The minimum absolute atomic E-state index is 0.128. The molecule has 0 radical (unpaired) electrons. The van der Waals surface area contributed by atoms with Crippen LogP contribution in [0.2, 0.25) is 0 Å². The Bertz CT molecular complexity index is 1560. The van der Waals surface area contributed by atoms with Crippen molar-refractivity contribution in [3.8, 4) is 11.5 Å². The molecule has 196 valence electrons. The van der Waals surface area contributed by atoms with Gasteiger partial charge in [-0.25, -0.2) is 27.2 Å². The largest absolute Gasteiger partial charge is 0.423 e. The molecule has 0 aliphatic heterocycles. The minimum atomic E-state index is -4.67. The number of rotatable bonds is 5. The van der Waals surface area contributed by atoms with Crippen LogP contribution in [0.4, 0.5) is 17.6 Å². The van der Waals surface area contributed by atoms with E-state index in [1.54, 1.807) is 0 Å². The Hall–Kier alpha value is -0.870. The maximum Gasteiger partial charge on any atom is 0.347 e. The van der Waals surface area contributed by atoms with E-state index in [9.17, 15) is 40.1 Å². The van der Waals surface area contributed by atoms with E-state index >= 15 is 0 Å². The molecule has 37 heavy (non-hydrogen) atoms. The van der Waals surface area contributed by atoms with Crippen LogP contribution in [-0.4, -0.2) is 24.9 Å². The highest BCUT2D eigenvalue weighted by atomic mass is 127. The maximum absolute atomic E-state index is 14.7. The molecule has 7 nitrogen and oxygen atoms in total. The second kappa shape index (κ2) is 11.7. The summed E-state index contributed by atoms with van der Waals surface area (Å²) in [5.74, 6) is -13.5. The van der Waals surface area contributed by atoms with Gasteiger partial charge in [0.25, 0.3) is 10.1 Å². The van der Waals surface area contributed by atoms with Gasteiger partial charge in [0.15, 0.2) is 29.0 Å². The molecule has 17 heteroatoms. The predicted octanol–water partition coefficient (Wildman–Crippen LogP) is 7.42. The summed E-state index contributed by atoms with van der Waals surface area (Å²) in [6, 6.07) is 4.71. The highest BCUT2D eigenvalue weighted by Gasteiger charge is 2.35. The molecular weight excluding hydrogens is 954 g/mol. The zero-order valence-electron chi connectivity index (χ0n) is 17.0. The Morgan fingerprint density at radius 2 is 1.16 bits per heavy atom. The van der Waals surface area contributed by atoms with Crippen LogP contribution in [0, 0.1) is 30.4 Å². The first-order valence-electron chi connectivity index (χ1n) is 8.96. The predicted molar refractivity (Wildman–Crippen MR) is 147 cm³/mol. The smallest absolute Gasteiger partial charge is 0.347 e. The van der Waals surface area contributed by atoms with Crippen LogP contribution in [0.5, 0.6) is 11.5 Å². The van der Waals surface area contributed by atoms with Crippen molar-refractivity contribution in [1.29, 1.82) is 0 Å². The van der Waals surface area contributed by atoms with Gasteiger partial charge in [0.1, 0.15) is 21.8 Å². The average molecular weight is 959 g/mol. The second-order valence-electron chi connectivity index (χ2n) is 6.67. The van der Waals surface area contributed by atoms with Crippen LogP contribution in [-0.2, 0) is 10.1 Å². The second-order valence-corrected chi connectivity index (χ2v) is 13.0. The molecule has 0 bridgehead atoms. The molecule has 3 aromatic rings. The van der Waals surface area contributed by atoms with E-state index in [1.165, 1.54) is 57.3 Å². The van der Waals surface area contributed by atoms with Crippen LogP contribution in [0.25, 0.3) is 0 Å². The van der Waals surface area contributed by atoms with Crippen LogP contribution < -0.4 is 9.47 Å². The van der Waals surface area contributed by atoms with Gasteiger partial charge < -0.3 is 9.47 Å². The number of ether oxygens (including phenoxy) is 2. The summed E-state index contributed by atoms with van der Waals surface area (Å²) >= 11 is 12.3. The molecule has 0 aliphatic rings. The van der Waals surface area contributed by atoms with E-state index < -0.39 is 67.1 Å². The summed E-state index contributed by atoms with van der Waals surface area (Å²) in [4.78, 5) is 25.1. The van der Waals surface area contributed by atoms with E-state index in [2.05, 4.69) is 47.8 Å². The molecule has 0 spiro atoms. The molecule has 0 unspecified atom stereocenters. The van der Waals surface area contributed by atoms with Gasteiger partial charge in [0, 0.05) is 11.6 Å². The molecule has 3 rings (SSSR count). The number of carbonyl (C=O) groups excluding carboxylic acids is 2. The average Bonchev–Trinajstić information content (AvgIpc) is 2.75. The summed E-state index contributed by atoms with van der Waals surface area (Å²) in [5.41, 5.74) is -3.21. The molecule has 0 saturated heterocycles. The third kappa shape index (κ3) is 6.48. The molecular formula is C20H5Br3F4I2O7S. The fourth-order valence-corrected chi connectivity index (χ4v) is 9.20. The number of esters is 2. The first kappa shape index (κ1) is 30.7. The fraction of sp³-hybridized carbons (Fsp3) is 0. The lowest BCUT2D eigenvalue weighted by molar-refractivity contribution is 0.0678. The molecule has 0 heterocycles. The number of hydrogen-bond donors (Lipinski definition) is 1. The number of carbonyl (C=O) groups is 2. The van der Waals surface area contributed by atoms with Crippen molar-refractivity contribution in [1.82, 2.24) is 0 Å². The van der Waals surface area contributed by atoms with Crippen LogP contribution >= 0.6 is 93.0 Å². The van der Waals surface area contributed by atoms with E-state index in [4.69, 9.17) is 9.47 Å². The molecule has 3 aromatic carbocycles. The van der Waals surface area contributed by atoms with Crippen LogP contribution in [0.3, 0.4) is 0 Å². The first-order chi connectivity index (χ1) is 17.0. The van der Waals surface area contributed by atoms with Gasteiger partial charge in [-0.05, 0) is 101 Å². The quantitative estimate of drug-likeness (QED) is 0.0540. The van der Waals surface area contributed by atoms with E-state index in [1.807, 2.05) is 0 Å². The topological polar surface area (TPSA) is 107 Å². The van der Waals surface area contributed by atoms with Crippen molar-refractivity contribution in [2.45, 2.75) is 4.90 Å². The van der Waals surface area contributed by atoms with Gasteiger partial charge in [-0.3, -0.25) is 4.55 Å². The van der Waals surface area contributed by atoms with Gasteiger partial charge in [-0.1, -0.05) is 15.9 Å². The van der Waals surface area contributed by atoms with Crippen molar-refractivity contribution in [3.63, 3.8) is 0 Å². The molecule has 0 atom stereocenters. The summed E-state index contributed by atoms with van der Waals surface area (Å²) in [6.07, 6.45) is 0. The highest BCUT2D eigenvalue weighted by molar-refractivity contribution is 14.1. The third-order valence-electron chi connectivity index (χ3n) is 4.27. The first-order valence-corrected chi connectivity index (χ1v) is 14.9. The Balaban J connectivity index is 2.12. The van der Waals surface area contributed by atoms with Crippen molar-refractivity contribution < 1.29 is 49.6 Å². The van der Waals surface area contributed by atoms with E-state index in [0.29, 0.717) is 4.47 Å². The van der Waals surface area contributed by atoms with Gasteiger partial charge in [0.2, 0.25) is 0 Å². The van der Waals surface area contributed by atoms with Gasteiger partial charge in [0.05, 0.1) is 8.95 Å². The van der Waals surface area contributed by atoms with Gasteiger partial charge in [-0.15, -0.1) is 0 Å². The van der Waals surface area contributed by atoms with E-state index in [0.717, 1.165) is 12.1 Å². The third-order valence-corrected chi connectivity index (χ3v) is 9.30. The van der Waals surface area contributed by atoms with Crippen molar-refractivity contribution >= 4 is 115 Å². The lowest BCUT2D eigenvalue weighted by Crippen LogP contribution is -2.24. The summed E-state index contributed by atoms with van der Waals surface area (Å²) in [5, 5.41) is 0. The van der Waals surface area contributed by atoms with E-state index in [-0.39, 0.29) is 21.8 Å². The van der Waals surface area contributed by atoms with Crippen molar-refractivity contribution in [3.05, 3.63) is 79.2 Å². The Labute approximate surface area is 257 Å². The number of benzene rings is 3. The zero-order valence-corrected chi connectivity index (χ0v) is 26.9. The lowest BCUT2D eigenvalue weighted by atomic mass is 10.0. The maximum atomic E-state index is 14.7.